The molecule has 2 N–H and O–H groups in total. The molecule has 10 heteroatoms. The van der Waals surface area contributed by atoms with Crippen LogP contribution in [0.5, 0.6) is 11.5 Å². The Balaban J connectivity index is 0.00000159. The Morgan fingerprint density at radius 3 is 2.42 bits per heavy atom. The largest absolute Gasteiger partial charge is 0.484 e. The third-order valence-electron chi connectivity index (χ3n) is 6.12. The zero-order chi connectivity index (χ0) is 33.9. The van der Waals surface area contributed by atoms with Gasteiger partial charge in [-0.3, -0.25) is 24.7 Å². The lowest BCUT2D eigenvalue weighted by molar-refractivity contribution is -0.146. The number of hydrogen-bond donors (Lipinski definition) is 2. The number of aromatic nitrogens is 2. The molecule has 0 amide bonds. The number of carbonyl (C=O) groups is 1. The number of hydrogen-bond acceptors (Lipinski definition) is 7. The number of pyridine rings is 2. The van der Waals surface area contributed by atoms with Gasteiger partial charge in [-0.2, -0.15) is 0 Å². The fourth-order valence-corrected chi connectivity index (χ4v) is 4.34. The van der Waals surface area contributed by atoms with Gasteiger partial charge in [0.15, 0.2) is 17.2 Å². The Morgan fingerprint density at radius 2 is 1.84 bits per heavy atom. The Morgan fingerprint density at radius 1 is 1.18 bits per heavy atom. The van der Waals surface area contributed by atoms with Crippen molar-refractivity contribution in [2.75, 3.05) is 12.1 Å². The average Bonchev–Trinajstić information content (AvgIpc) is 3.07. The molecule has 2 unspecified atom stereocenters. The van der Waals surface area contributed by atoms with Crippen LogP contribution in [0.3, 0.4) is 0 Å². The van der Waals surface area contributed by atoms with Crippen LogP contribution in [-0.2, 0) is 29.2 Å². The zero-order valence-corrected chi connectivity index (χ0v) is 28.1. The van der Waals surface area contributed by atoms with Crippen LogP contribution >= 0.6 is 0 Å². The van der Waals surface area contributed by atoms with Gasteiger partial charge in [0.25, 0.3) is 5.56 Å². The van der Waals surface area contributed by atoms with Crippen LogP contribution < -0.4 is 20.5 Å². The summed E-state index contributed by atoms with van der Waals surface area (Å²) in [5.74, 6) is -0.807. The SMILES string of the molecule is CC.CC.CC.CC/C=C(\C=C/C(C)F)Cc1cnc2c(OCc3ccccc3)c(NOCC)c(=O)n3c2c1OC(C(=O)O)C3. The standard InChI is InChI=1S/C29H32FN3O6.3C2H6/c1-4-9-19(13-12-18(3)30)14-21-15-31-23-25-26(21)39-22(29(35)36)16-33(25)28(34)24(32-38-5-2)27(23)37-17-20-10-7-6-8-11-20;3*1-2/h6-13,15,18,22,32H,4-5,14,16-17H2,1-3H3,(H,35,36);3*1-2H3/b13-12-,19-9+;;;. The Kier molecular flexibility index (Phi) is 17.9. The van der Waals surface area contributed by atoms with Crippen molar-refractivity contribution in [2.45, 2.75) is 101 Å². The van der Waals surface area contributed by atoms with Crippen molar-refractivity contribution in [2.24, 2.45) is 0 Å². The van der Waals surface area contributed by atoms with Crippen LogP contribution in [0.1, 0.15) is 79.9 Å². The van der Waals surface area contributed by atoms with E-state index in [0.717, 1.165) is 11.1 Å². The first-order valence-corrected chi connectivity index (χ1v) is 15.9. The molecule has 2 aromatic heterocycles. The number of halogens is 1. The van der Waals surface area contributed by atoms with Crippen molar-refractivity contribution < 1.29 is 28.6 Å². The highest BCUT2D eigenvalue weighted by molar-refractivity contribution is 5.93. The Labute approximate surface area is 266 Å². The van der Waals surface area contributed by atoms with Gasteiger partial charge in [0.2, 0.25) is 6.10 Å². The molecule has 1 aromatic carbocycles. The van der Waals surface area contributed by atoms with Crippen molar-refractivity contribution in [3.8, 4) is 11.5 Å². The number of carboxylic acid groups (broad SMARTS) is 1. The number of aliphatic carboxylic acids is 1. The molecule has 0 aliphatic carbocycles. The summed E-state index contributed by atoms with van der Waals surface area (Å²) in [4.78, 5) is 35.7. The molecular weight excluding hydrogens is 577 g/mol. The van der Waals surface area contributed by atoms with Crippen LogP contribution in [0.4, 0.5) is 10.1 Å². The van der Waals surface area contributed by atoms with Gasteiger partial charge < -0.3 is 14.6 Å². The number of rotatable bonds is 12. The first kappa shape index (κ1) is 38.8. The lowest BCUT2D eigenvalue weighted by Gasteiger charge is -2.28. The molecule has 2 atom stereocenters. The first-order valence-electron chi connectivity index (χ1n) is 15.9. The van der Waals surface area contributed by atoms with Crippen molar-refractivity contribution in [3.63, 3.8) is 0 Å². The second-order valence-corrected chi connectivity index (χ2v) is 9.08. The number of alkyl halides is 1. The van der Waals surface area contributed by atoms with Gasteiger partial charge in [-0.25, -0.2) is 9.18 Å². The van der Waals surface area contributed by atoms with Crippen LogP contribution in [-0.4, -0.2) is 39.5 Å². The lowest BCUT2D eigenvalue weighted by atomic mass is 10.0. The highest BCUT2D eigenvalue weighted by atomic mass is 19.1. The molecule has 3 aromatic rings. The van der Waals surface area contributed by atoms with E-state index in [9.17, 15) is 19.1 Å². The molecule has 1 aliphatic heterocycles. The van der Waals surface area contributed by atoms with Crippen LogP contribution in [0.25, 0.3) is 11.0 Å². The average molecular weight is 628 g/mol. The number of allylic oxidation sites excluding steroid dienone is 4. The molecule has 45 heavy (non-hydrogen) atoms. The summed E-state index contributed by atoms with van der Waals surface area (Å²) in [5, 5.41) is 9.80. The highest BCUT2D eigenvalue weighted by Gasteiger charge is 2.33. The molecule has 0 radical (unpaired) electrons. The van der Waals surface area contributed by atoms with Gasteiger partial charge in [-0.05, 0) is 31.4 Å². The number of nitrogens with one attached hydrogen (secondary N) is 1. The smallest absolute Gasteiger partial charge is 0.346 e. The predicted molar refractivity (Wildman–Crippen MR) is 180 cm³/mol. The number of carboxylic acids is 1. The minimum Gasteiger partial charge on any atom is -0.484 e. The van der Waals surface area contributed by atoms with E-state index in [1.165, 1.54) is 17.6 Å². The minimum atomic E-state index is -1.30. The molecule has 1 aliphatic rings. The van der Waals surface area contributed by atoms with Gasteiger partial charge >= 0.3 is 5.97 Å². The van der Waals surface area contributed by atoms with E-state index in [4.69, 9.17) is 14.3 Å². The minimum absolute atomic E-state index is 0.0176. The Bertz CT molecular complexity index is 1450. The molecule has 0 saturated carbocycles. The fourth-order valence-electron chi connectivity index (χ4n) is 4.34. The molecule has 0 fully saturated rings. The number of benzene rings is 1. The third-order valence-corrected chi connectivity index (χ3v) is 6.12. The maximum atomic E-state index is 13.7. The number of ether oxygens (including phenoxy) is 2. The summed E-state index contributed by atoms with van der Waals surface area (Å²) in [6.45, 7) is 17.4. The summed E-state index contributed by atoms with van der Waals surface area (Å²) in [6.07, 6.45) is 5.25. The fraction of sp³-hybridized carbons (Fsp3) is 0.457. The second-order valence-electron chi connectivity index (χ2n) is 9.08. The normalized spacial score (nSPS) is 14.1. The van der Waals surface area contributed by atoms with E-state index in [2.05, 4.69) is 10.5 Å². The molecule has 3 heterocycles. The van der Waals surface area contributed by atoms with Gasteiger partial charge in [0.1, 0.15) is 23.8 Å². The quantitative estimate of drug-likeness (QED) is 0.153. The van der Waals surface area contributed by atoms with E-state index in [1.807, 2.05) is 84.9 Å². The lowest BCUT2D eigenvalue weighted by Crippen LogP contribution is -2.40. The van der Waals surface area contributed by atoms with Gasteiger partial charge in [0.05, 0.1) is 13.2 Å². The van der Waals surface area contributed by atoms with Crippen LogP contribution in [0, 0.1) is 0 Å². The van der Waals surface area contributed by atoms with Gasteiger partial charge in [-0.15, -0.1) is 0 Å². The molecule has 248 valence electrons. The third kappa shape index (κ3) is 10.5. The van der Waals surface area contributed by atoms with Crippen LogP contribution in [0.2, 0.25) is 0 Å². The second kappa shape index (κ2) is 20.7. The highest BCUT2D eigenvalue weighted by Crippen LogP contribution is 2.40. The summed E-state index contributed by atoms with van der Waals surface area (Å²) >= 11 is 0. The predicted octanol–water partition coefficient (Wildman–Crippen LogP) is 8.06. The van der Waals surface area contributed by atoms with Gasteiger partial charge in [0, 0.05) is 18.2 Å². The van der Waals surface area contributed by atoms with Crippen molar-refractivity contribution >= 4 is 22.7 Å². The first-order chi connectivity index (χ1) is 21.8. The molecule has 0 saturated heterocycles. The van der Waals surface area contributed by atoms with E-state index >= 15 is 0 Å². The van der Waals surface area contributed by atoms with Gasteiger partial charge in [-0.1, -0.05) is 97.0 Å². The Hall–Kier alpha value is -4.18. The number of nitrogens with zero attached hydrogens (tertiary/aromatic N) is 2. The maximum absolute atomic E-state index is 13.7. The summed E-state index contributed by atoms with van der Waals surface area (Å²) in [7, 11) is 0. The van der Waals surface area contributed by atoms with Crippen molar-refractivity contribution in [3.05, 3.63) is 81.8 Å². The maximum Gasteiger partial charge on any atom is 0.346 e. The molecule has 0 bridgehead atoms. The van der Waals surface area contributed by atoms with E-state index in [1.54, 1.807) is 19.2 Å². The topological polar surface area (TPSA) is 112 Å². The molecule has 4 rings (SSSR count). The van der Waals surface area contributed by atoms with E-state index in [-0.39, 0.29) is 36.9 Å². The van der Waals surface area contributed by atoms with Crippen molar-refractivity contribution in [1.29, 1.82) is 0 Å². The molecular formula is C35H50FN3O6. The van der Waals surface area contributed by atoms with E-state index < -0.39 is 23.8 Å². The summed E-state index contributed by atoms with van der Waals surface area (Å²) in [5.41, 5.74) is 5.08. The zero-order valence-electron chi connectivity index (χ0n) is 28.1. The van der Waals surface area contributed by atoms with Crippen molar-refractivity contribution in [1.82, 2.24) is 9.55 Å². The monoisotopic (exact) mass is 627 g/mol. The van der Waals surface area contributed by atoms with Crippen LogP contribution in [0.15, 0.2) is 65.1 Å². The number of anilines is 1. The molecule has 0 spiro atoms. The molecule has 9 nitrogen and oxygen atoms in total. The summed E-state index contributed by atoms with van der Waals surface area (Å²) in [6, 6.07) is 9.45. The van der Waals surface area contributed by atoms with E-state index in [0.29, 0.717) is 29.4 Å². The summed E-state index contributed by atoms with van der Waals surface area (Å²) < 4.78 is 27.0.